The van der Waals surface area contributed by atoms with E-state index in [-0.39, 0.29) is 17.4 Å². The minimum Gasteiger partial charge on any atom is -0.435 e. The summed E-state index contributed by atoms with van der Waals surface area (Å²) in [4.78, 5) is 27.1. The quantitative estimate of drug-likeness (QED) is 0.711. The summed E-state index contributed by atoms with van der Waals surface area (Å²) in [5.41, 5.74) is 0.543. The molecule has 25 heavy (non-hydrogen) atoms. The summed E-state index contributed by atoms with van der Waals surface area (Å²) in [6.07, 6.45) is 1.42. The summed E-state index contributed by atoms with van der Waals surface area (Å²) in [5.74, 6) is 0.125. The Balaban J connectivity index is 2.03. The first kappa shape index (κ1) is 18.8. The van der Waals surface area contributed by atoms with Crippen molar-refractivity contribution in [3.05, 3.63) is 46.6 Å². The molecule has 0 spiro atoms. The number of hydrogen-bond acceptors (Lipinski definition) is 5. The second-order valence-corrected chi connectivity index (χ2v) is 5.64. The average molecular weight is 383 g/mol. The zero-order chi connectivity index (χ0) is 18.2. The van der Waals surface area contributed by atoms with Crippen molar-refractivity contribution in [3.63, 3.8) is 0 Å². The lowest BCUT2D eigenvalue weighted by atomic mass is 10.3. The molecule has 2 aromatic rings. The van der Waals surface area contributed by atoms with Crippen LogP contribution in [0.5, 0.6) is 11.6 Å². The first-order valence-corrected chi connectivity index (χ1v) is 8.14. The van der Waals surface area contributed by atoms with Crippen LogP contribution in [0.2, 0.25) is 10.0 Å². The molecule has 1 aromatic carbocycles. The molecule has 7 nitrogen and oxygen atoms in total. The highest BCUT2D eigenvalue weighted by Gasteiger charge is 2.11. The van der Waals surface area contributed by atoms with Crippen molar-refractivity contribution >= 4 is 40.8 Å². The highest BCUT2D eigenvalue weighted by Crippen LogP contribution is 2.32. The first-order valence-electron chi connectivity index (χ1n) is 7.39. The summed E-state index contributed by atoms with van der Waals surface area (Å²) < 4.78 is 5.67. The van der Waals surface area contributed by atoms with E-state index in [9.17, 15) is 9.59 Å². The van der Waals surface area contributed by atoms with Crippen LogP contribution in [0.25, 0.3) is 0 Å². The van der Waals surface area contributed by atoms with Crippen LogP contribution in [-0.4, -0.2) is 30.0 Å². The number of halogens is 2. The van der Waals surface area contributed by atoms with Gasteiger partial charge < -0.3 is 15.4 Å². The van der Waals surface area contributed by atoms with Crippen molar-refractivity contribution in [2.24, 2.45) is 0 Å². The predicted molar refractivity (Wildman–Crippen MR) is 96.5 cm³/mol. The average Bonchev–Trinajstić information content (AvgIpc) is 2.56. The van der Waals surface area contributed by atoms with Gasteiger partial charge in [-0.05, 0) is 25.1 Å². The molecule has 0 aliphatic heterocycles. The third-order valence-corrected chi connectivity index (χ3v) is 3.37. The van der Waals surface area contributed by atoms with Crippen LogP contribution >= 0.6 is 23.2 Å². The van der Waals surface area contributed by atoms with E-state index in [1.54, 1.807) is 31.2 Å². The van der Waals surface area contributed by atoms with Crippen LogP contribution < -0.4 is 20.7 Å². The SMILES string of the molecule is CCNC(=O)NC(=O)CNc1ccccc1Oc1ncc(Cl)cc1Cl. The number of aromatic nitrogens is 1. The Labute approximate surface area is 154 Å². The number of imide groups is 1. The Hall–Kier alpha value is -2.51. The van der Waals surface area contributed by atoms with Crippen molar-refractivity contribution in [1.82, 2.24) is 15.6 Å². The zero-order valence-corrected chi connectivity index (χ0v) is 14.8. The fourth-order valence-electron chi connectivity index (χ4n) is 1.83. The van der Waals surface area contributed by atoms with Gasteiger partial charge in [0, 0.05) is 12.7 Å². The van der Waals surface area contributed by atoms with Crippen LogP contribution in [0.3, 0.4) is 0 Å². The molecule has 0 aliphatic carbocycles. The molecular weight excluding hydrogens is 367 g/mol. The van der Waals surface area contributed by atoms with E-state index < -0.39 is 11.9 Å². The Kier molecular flexibility index (Phi) is 6.85. The molecule has 0 bridgehead atoms. The van der Waals surface area contributed by atoms with E-state index in [0.717, 1.165) is 0 Å². The second kappa shape index (κ2) is 9.10. The maximum absolute atomic E-state index is 11.7. The number of urea groups is 1. The van der Waals surface area contributed by atoms with Crippen LogP contribution in [0, 0.1) is 0 Å². The summed E-state index contributed by atoms with van der Waals surface area (Å²) in [5, 5.41) is 8.22. The minimum absolute atomic E-state index is 0.112. The Morgan fingerprint density at radius 2 is 2.00 bits per heavy atom. The molecule has 1 aromatic heterocycles. The number of benzene rings is 1. The number of carbonyl (C=O) groups excluding carboxylic acids is 2. The lowest BCUT2D eigenvalue weighted by molar-refractivity contribution is -0.118. The van der Waals surface area contributed by atoms with E-state index in [1.807, 2.05) is 0 Å². The zero-order valence-electron chi connectivity index (χ0n) is 13.3. The van der Waals surface area contributed by atoms with Crippen molar-refractivity contribution < 1.29 is 14.3 Å². The summed E-state index contributed by atoms with van der Waals surface area (Å²) in [6, 6.07) is 7.92. The van der Waals surface area contributed by atoms with Gasteiger partial charge in [0.15, 0.2) is 5.75 Å². The summed E-state index contributed by atoms with van der Waals surface area (Å²) in [7, 11) is 0. The molecule has 132 valence electrons. The van der Waals surface area contributed by atoms with Crippen molar-refractivity contribution in [3.8, 4) is 11.6 Å². The lowest BCUT2D eigenvalue weighted by Gasteiger charge is -2.13. The normalized spacial score (nSPS) is 10.0. The maximum atomic E-state index is 11.7. The standard InChI is InChI=1S/C16H16Cl2N4O3/c1-2-19-16(24)22-14(23)9-20-12-5-3-4-6-13(12)25-15-11(18)7-10(17)8-21-15/h3-8,20H,2,9H2,1H3,(H2,19,22,23,24). The first-order chi connectivity index (χ1) is 12.0. The van der Waals surface area contributed by atoms with Gasteiger partial charge in [-0.3, -0.25) is 10.1 Å². The Morgan fingerprint density at radius 1 is 1.24 bits per heavy atom. The molecule has 0 atom stereocenters. The number of ether oxygens (including phenoxy) is 1. The third-order valence-electron chi connectivity index (χ3n) is 2.90. The molecule has 1 heterocycles. The van der Waals surface area contributed by atoms with Gasteiger partial charge in [0.25, 0.3) is 0 Å². The van der Waals surface area contributed by atoms with E-state index in [1.165, 1.54) is 12.3 Å². The van der Waals surface area contributed by atoms with Crippen molar-refractivity contribution in [2.75, 3.05) is 18.4 Å². The number of para-hydroxylation sites is 2. The van der Waals surface area contributed by atoms with Gasteiger partial charge in [-0.25, -0.2) is 9.78 Å². The molecule has 0 fully saturated rings. The molecule has 3 amide bonds. The smallest absolute Gasteiger partial charge is 0.321 e. The molecule has 0 aliphatic rings. The largest absolute Gasteiger partial charge is 0.435 e. The van der Waals surface area contributed by atoms with Gasteiger partial charge >= 0.3 is 6.03 Å². The van der Waals surface area contributed by atoms with E-state index in [0.29, 0.717) is 23.0 Å². The topological polar surface area (TPSA) is 92.4 Å². The van der Waals surface area contributed by atoms with Crippen molar-refractivity contribution in [2.45, 2.75) is 6.92 Å². The number of nitrogens with one attached hydrogen (secondary N) is 3. The monoisotopic (exact) mass is 382 g/mol. The second-order valence-electron chi connectivity index (χ2n) is 4.80. The van der Waals surface area contributed by atoms with Gasteiger partial charge in [-0.2, -0.15) is 0 Å². The summed E-state index contributed by atoms with van der Waals surface area (Å²) in [6.45, 7) is 2.07. The molecule has 0 unspecified atom stereocenters. The number of rotatable bonds is 6. The number of hydrogen-bond donors (Lipinski definition) is 3. The Bertz CT molecular complexity index is 771. The highest BCUT2D eigenvalue weighted by molar-refractivity contribution is 6.35. The van der Waals surface area contributed by atoms with E-state index in [4.69, 9.17) is 27.9 Å². The van der Waals surface area contributed by atoms with Crippen LogP contribution in [0.4, 0.5) is 10.5 Å². The van der Waals surface area contributed by atoms with Crippen LogP contribution in [-0.2, 0) is 4.79 Å². The maximum Gasteiger partial charge on any atom is 0.321 e. The van der Waals surface area contributed by atoms with E-state index >= 15 is 0 Å². The van der Waals surface area contributed by atoms with Gasteiger partial charge in [0.2, 0.25) is 11.8 Å². The number of nitrogens with zero attached hydrogens (tertiary/aromatic N) is 1. The predicted octanol–water partition coefficient (Wildman–Crippen LogP) is 3.44. The van der Waals surface area contributed by atoms with Gasteiger partial charge in [0.05, 0.1) is 17.3 Å². The van der Waals surface area contributed by atoms with Crippen molar-refractivity contribution in [1.29, 1.82) is 0 Å². The molecule has 2 rings (SSSR count). The van der Waals surface area contributed by atoms with Crippen LogP contribution in [0.1, 0.15) is 6.92 Å². The molecule has 3 N–H and O–H groups in total. The van der Waals surface area contributed by atoms with E-state index in [2.05, 4.69) is 20.9 Å². The number of anilines is 1. The molecule has 0 radical (unpaired) electrons. The number of amides is 3. The summed E-state index contributed by atoms with van der Waals surface area (Å²) >= 11 is 11.9. The fraction of sp³-hybridized carbons (Fsp3) is 0.188. The molecule has 9 heteroatoms. The van der Waals surface area contributed by atoms with Gasteiger partial charge in [-0.1, -0.05) is 35.3 Å². The highest BCUT2D eigenvalue weighted by atomic mass is 35.5. The minimum atomic E-state index is -0.545. The number of pyridine rings is 1. The van der Waals surface area contributed by atoms with Gasteiger partial charge in [0.1, 0.15) is 5.02 Å². The Morgan fingerprint density at radius 3 is 2.72 bits per heavy atom. The molecular formula is C16H16Cl2N4O3. The fourth-order valence-corrected chi connectivity index (χ4v) is 2.25. The number of carbonyl (C=O) groups is 2. The van der Waals surface area contributed by atoms with Crippen LogP contribution in [0.15, 0.2) is 36.5 Å². The lowest BCUT2D eigenvalue weighted by Crippen LogP contribution is -2.41. The molecule has 0 saturated heterocycles. The van der Waals surface area contributed by atoms with Gasteiger partial charge in [-0.15, -0.1) is 0 Å². The molecule has 0 saturated carbocycles. The third kappa shape index (κ3) is 5.81.